The van der Waals surface area contributed by atoms with E-state index in [1.807, 2.05) is 54.6 Å². The van der Waals surface area contributed by atoms with E-state index in [4.69, 9.17) is 4.74 Å². The Balaban J connectivity index is 1.59. The third-order valence-electron chi connectivity index (χ3n) is 6.41. The Hall–Kier alpha value is -2.94. The monoisotopic (exact) mass is 600 g/mol. The first-order valence-electron chi connectivity index (χ1n) is 12.2. The van der Waals surface area contributed by atoms with Crippen molar-refractivity contribution in [2.75, 3.05) is 6.61 Å². The molecule has 1 aliphatic carbocycles. The number of hydrogen-bond donors (Lipinski definition) is 1. The lowest BCUT2D eigenvalue weighted by Gasteiger charge is -2.32. The lowest BCUT2D eigenvalue weighted by molar-refractivity contribution is -0.143. The molecule has 36 heavy (non-hydrogen) atoms. The van der Waals surface area contributed by atoms with Crippen LogP contribution in [0, 0.1) is 9.39 Å². The van der Waals surface area contributed by atoms with Crippen molar-refractivity contribution in [3.05, 3.63) is 99.4 Å². The number of nitrogens with zero attached hydrogens (tertiary/aromatic N) is 1. The van der Waals surface area contributed by atoms with E-state index in [2.05, 4.69) is 27.9 Å². The molecular formula is C29H30FIN2O3. The van der Waals surface area contributed by atoms with Gasteiger partial charge in [-0.1, -0.05) is 55.3 Å². The van der Waals surface area contributed by atoms with Crippen LogP contribution in [-0.2, 0) is 22.6 Å². The zero-order valence-electron chi connectivity index (χ0n) is 20.0. The van der Waals surface area contributed by atoms with Gasteiger partial charge in [0.2, 0.25) is 5.91 Å². The van der Waals surface area contributed by atoms with Crippen LogP contribution in [0.1, 0.15) is 36.8 Å². The van der Waals surface area contributed by atoms with Gasteiger partial charge in [0.1, 0.15) is 17.6 Å². The number of nitrogens with one attached hydrogen (secondary N) is 1. The van der Waals surface area contributed by atoms with Crippen LogP contribution < -0.4 is 10.1 Å². The molecule has 2 amide bonds. The molecule has 3 aromatic carbocycles. The third kappa shape index (κ3) is 7.53. The molecule has 1 saturated carbocycles. The number of carbonyl (C=O) groups is 2. The third-order valence-corrected chi connectivity index (χ3v) is 7.13. The summed E-state index contributed by atoms with van der Waals surface area (Å²) >= 11 is 2.21. The molecular weight excluding hydrogens is 570 g/mol. The molecule has 4 rings (SSSR count). The van der Waals surface area contributed by atoms with Gasteiger partial charge in [0.05, 0.1) is 0 Å². The zero-order valence-corrected chi connectivity index (χ0v) is 22.2. The van der Waals surface area contributed by atoms with Gasteiger partial charge in [-0.15, -0.1) is 0 Å². The maximum absolute atomic E-state index is 13.6. The first kappa shape index (κ1) is 26.1. The van der Waals surface area contributed by atoms with E-state index in [9.17, 15) is 14.0 Å². The average Bonchev–Trinajstić information content (AvgIpc) is 3.40. The van der Waals surface area contributed by atoms with Crippen molar-refractivity contribution in [1.29, 1.82) is 0 Å². The Morgan fingerprint density at radius 3 is 2.28 bits per heavy atom. The molecule has 1 unspecified atom stereocenters. The summed E-state index contributed by atoms with van der Waals surface area (Å²) in [6.45, 7) is -0.0332. The molecule has 0 radical (unpaired) electrons. The van der Waals surface area contributed by atoms with Crippen LogP contribution >= 0.6 is 22.6 Å². The first-order valence-corrected chi connectivity index (χ1v) is 13.3. The predicted octanol–water partition coefficient (Wildman–Crippen LogP) is 5.51. The van der Waals surface area contributed by atoms with Gasteiger partial charge in [-0.05, 0) is 83.0 Å². The normalized spacial score (nSPS) is 14.3. The van der Waals surface area contributed by atoms with Crippen molar-refractivity contribution >= 4 is 34.4 Å². The standard InChI is InChI=1S/C29H30FIN2O3/c30-23-12-10-22(11-13-23)19-33(28(34)20-36-26-16-14-24(31)15-17-26)27(18-21-6-2-1-3-7-21)29(35)32-25-8-4-5-9-25/h1-3,6-7,10-17,25,27H,4-5,8-9,18-20H2,(H,32,35). The zero-order chi connectivity index (χ0) is 25.3. The molecule has 0 spiro atoms. The maximum Gasteiger partial charge on any atom is 0.261 e. The molecule has 0 bridgehead atoms. The van der Waals surface area contributed by atoms with Gasteiger partial charge in [0.15, 0.2) is 6.61 Å². The minimum atomic E-state index is -0.731. The lowest BCUT2D eigenvalue weighted by atomic mass is 10.0. The number of rotatable bonds is 10. The van der Waals surface area contributed by atoms with Crippen LogP contribution in [-0.4, -0.2) is 35.4 Å². The Morgan fingerprint density at radius 1 is 0.944 bits per heavy atom. The van der Waals surface area contributed by atoms with Gasteiger partial charge in [-0.2, -0.15) is 0 Å². The molecule has 1 aliphatic rings. The van der Waals surface area contributed by atoms with Gasteiger partial charge < -0.3 is 15.0 Å². The Kier molecular flexibility index (Phi) is 9.33. The number of halogens is 2. The molecule has 7 heteroatoms. The van der Waals surface area contributed by atoms with E-state index in [1.165, 1.54) is 12.1 Å². The molecule has 5 nitrogen and oxygen atoms in total. The molecule has 0 saturated heterocycles. The van der Waals surface area contributed by atoms with Crippen molar-refractivity contribution in [2.45, 2.75) is 50.7 Å². The van der Waals surface area contributed by atoms with Crippen LogP contribution in [0.2, 0.25) is 0 Å². The summed E-state index contributed by atoms with van der Waals surface area (Å²) in [4.78, 5) is 28.7. The van der Waals surface area contributed by atoms with Gasteiger partial charge in [-0.3, -0.25) is 9.59 Å². The lowest BCUT2D eigenvalue weighted by Crippen LogP contribution is -2.53. The number of ether oxygens (including phenoxy) is 1. The minimum Gasteiger partial charge on any atom is -0.484 e. The van der Waals surface area contributed by atoms with E-state index in [-0.39, 0.29) is 36.8 Å². The second kappa shape index (κ2) is 12.9. The summed E-state index contributed by atoms with van der Waals surface area (Å²) in [6.07, 6.45) is 4.46. The Bertz CT molecular complexity index is 1130. The van der Waals surface area contributed by atoms with Crippen LogP contribution in [0.25, 0.3) is 0 Å². The second-order valence-electron chi connectivity index (χ2n) is 9.09. The van der Waals surface area contributed by atoms with Gasteiger partial charge >= 0.3 is 0 Å². The maximum atomic E-state index is 13.6. The summed E-state index contributed by atoms with van der Waals surface area (Å²) in [5.41, 5.74) is 1.70. The quantitative estimate of drug-likeness (QED) is 0.313. The largest absolute Gasteiger partial charge is 0.484 e. The van der Waals surface area contributed by atoms with Crippen molar-refractivity contribution in [2.24, 2.45) is 0 Å². The summed E-state index contributed by atoms with van der Waals surface area (Å²) in [6, 6.07) is 22.5. The second-order valence-corrected chi connectivity index (χ2v) is 10.3. The van der Waals surface area contributed by atoms with Crippen LogP contribution in [0.15, 0.2) is 78.9 Å². The highest BCUT2D eigenvalue weighted by Crippen LogP contribution is 2.21. The van der Waals surface area contributed by atoms with E-state index in [0.717, 1.165) is 40.4 Å². The highest BCUT2D eigenvalue weighted by atomic mass is 127. The highest BCUT2D eigenvalue weighted by Gasteiger charge is 2.32. The summed E-state index contributed by atoms with van der Waals surface area (Å²) < 4.78 is 20.4. The smallest absolute Gasteiger partial charge is 0.261 e. The molecule has 188 valence electrons. The van der Waals surface area contributed by atoms with E-state index >= 15 is 0 Å². The molecule has 3 aromatic rings. The molecule has 1 fully saturated rings. The van der Waals surface area contributed by atoms with Gasteiger partial charge in [-0.25, -0.2) is 4.39 Å². The predicted molar refractivity (Wildman–Crippen MR) is 146 cm³/mol. The topological polar surface area (TPSA) is 58.6 Å². The Labute approximate surface area is 225 Å². The number of benzene rings is 3. The molecule has 1 N–H and O–H groups in total. The van der Waals surface area contributed by atoms with Crippen molar-refractivity contribution < 1.29 is 18.7 Å². The fourth-order valence-electron chi connectivity index (χ4n) is 4.47. The fourth-order valence-corrected chi connectivity index (χ4v) is 4.83. The molecule has 0 aromatic heterocycles. The Morgan fingerprint density at radius 2 is 1.61 bits per heavy atom. The van der Waals surface area contributed by atoms with Gasteiger partial charge in [0.25, 0.3) is 5.91 Å². The first-order chi connectivity index (χ1) is 17.5. The van der Waals surface area contributed by atoms with Crippen molar-refractivity contribution in [1.82, 2.24) is 10.2 Å². The number of amides is 2. The van der Waals surface area contributed by atoms with E-state index in [1.54, 1.807) is 17.0 Å². The molecule has 0 heterocycles. The van der Waals surface area contributed by atoms with E-state index < -0.39 is 6.04 Å². The van der Waals surface area contributed by atoms with Crippen LogP contribution in [0.5, 0.6) is 5.75 Å². The SMILES string of the molecule is O=C(NC1CCCC1)C(Cc1ccccc1)N(Cc1ccc(F)cc1)C(=O)COc1ccc(I)cc1. The van der Waals surface area contributed by atoms with Crippen LogP contribution in [0.4, 0.5) is 4.39 Å². The van der Waals surface area contributed by atoms with Crippen LogP contribution in [0.3, 0.4) is 0 Å². The summed E-state index contributed by atoms with van der Waals surface area (Å²) in [5.74, 6) is -0.241. The van der Waals surface area contributed by atoms with Crippen molar-refractivity contribution in [3.8, 4) is 5.75 Å². The number of hydrogen-bond acceptors (Lipinski definition) is 3. The highest BCUT2D eigenvalue weighted by molar-refractivity contribution is 14.1. The van der Waals surface area contributed by atoms with Crippen molar-refractivity contribution in [3.63, 3.8) is 0 Å². The summed E-state index contributed by atoms with van der Waals surface area (Å²) in [7, 11) is 0. The summed E-state index contributed by atoms with van der Waals surface area (Å²) in [5, 5.41) is 3.17. The molecule has 1 atom stereocenters. The number of carbonyl (C=O) groups excluding carboxylic acids is 2. The fraction of sp³-hybridized carbons (Fsp3) is 0.310. The average molecular weight is 600 g/mol. The van der Waals surface area contributed by atoms with E-state index in [0.29, 0.717) is 12.2 Å². The minimum absolute atomic E-state index is 0.126. The van der Waals surface area contributed by atoms with Gasteiger partial charge in [0, 0.05) is 22.6 Å². The molecule has 0 aliphatic heterocycles.